The number of hydrogen-bond acceptors (Lipinski definition) is 5. The quantitative estimate of drug-likeness (QED) is 0.835. The van der Waals surface area contributed by atoms with Crippen molar-refractivity contribution in [3.05, 3.63) is 51.3 Å². The molecule has 2 aliphatic rings. The molecular formula is C19H20ClNO4. The van der Waals surface area contributed by atoms with Crippen LogP contribution in [0.15, 0.2) is 40.7 Å². The van der Waals surface area contributed by atoms with E-state index < -0.39 is 11.9 Å². The molecule has 0 bridgehead atoms. The highest BCUT2D eigenvalue weighted by Gasteiger charge is 2.39. The van der Waals surface area contributed by atoms with Gasteiger partial charge >= 0.3 is 5.97 Å². The summed E-state index contributed by atoms with van der Waals surface area (Å²) in [6, 6.07) is 5.33. The number of carbonyl (C=O) groups is 2. The van der Waals surface area contributed by atoms with Crippen LogP contribution in [0.4, 0.5) is 0 Å². The van der Waals surface area contributed by atoms with Gasteiger partial charge in [-0.25, -0.2) is 4.79 Å². The van der Waals surface area contributed by atoms with Gasteiger partial charge in [-0.15, -0.1) is 0 Å². The van der Waals surface area contributed by atoms with E-state index >= 15 is 0 Å². The van der Waals surface area contributed by atoms with E-state index in [1.807, 2.05) is 13.0 Å². The lowest BCUT2D eigenvalue weighted by molar-refractivity contribution is -0.136. The van der Waals surface area contributed by atoms with Crippen LogP contribution in [0.3, 0.4) is 0 Å². The summed E-state index contributed by atoms with van der Waals surface area (Å²) in [5.74, 6) is -0.338. The number of allylic oxidation sites excluding steroid dienone is 3. The van der Waals surface area contributed by atoms with Gasteiger partial charge < -0.3 is 14.8 Å². The third-order valence-corrected chi connectivity index (χ3v) is 4.99. The van der Waals surface area contributed by atoms with Crippen LogP contribution < -0.4 is 10.1 Å². The predicted octanol–water partition coefficient (Wildman–Crippen LogP) is 3.49. The van der Waals surface area contributed by atoms with Crippen LogP contribution in [0.25, 0.3) is 0 Å². The van der Waals surface area contributed by atoms with Gasteiger partial charge in [0.05, 0.1) is 24.8 Å². The lowest BCUT2D eigenvalue weighted by Gasteiger charge is -2.34. The van der Waals surface area contributed by atoms with E-state index in [-0.39, 0.29) is 5.78 Å². The van der Waals surface area contributed by atoms with Crippen molar-refractivity contribution in [3.8, 4) is 5.75 Å². The number of rotatable bonds is 3. The maximum Gasteiger partial charge on any atom is 0.336 e. The maximum absolute atomic E-state index is 12.7. The Hall–Kier alpha value is -2.27. The number of ketones is 1. The fraction of sp³-hybridized carbons (Fsp3) is 0.368. The summed E-state index contributed by atoms with van der Waals surface area (Å²) in [7, 11) is 2.88. The fourth-order valence-electron chi connectivity index (χ4n) is 3.56. The first-order chi connectivity index (χ1) is 12.0. The van der Waals surface area contributed by atoms with Crippen LogP contribution in [0.1, 0.15) is 37.7 Å². The smallest absolute Gasteiger partial charge is 0.336 e. The molecule has 0 saturated heterocycles. The minimum Gasteiger partial charge on any atom is -0.495 e. The zero-order chi connectivity index (χ0) is 18.1. The lowest BCUT2D eigenvalue weighted by Crippen LogP contribution is -2.34. The second-order valence-electron chi connectivity index (χ2n) is 6.15. The van der Waals surface area contributed by atoms with Gasteiger partial charge in [-0.2, -0.15) is 0 Å². The molecule has 0 unspecified atom stereocenters. The third kappa shape index (κ3) is 3.04. The van der Waals surface area contributed by atoms with E-state index in [4.69, 9.17) is 21.1 Å². The number of halogens is 1. The second kappa shape index (κ2) is 6.92. The number of carbonyl (C=O) groups excluding carboxylic acids is 2. The fourth-order valence-corrected chi connectivity index (χ4v) is 3.83. The lowest BCUT2D eigenvalue weighted by atomic mass is 9.75. The van der Waals surface area contributed by atoms with Gasteiger partial charge in [-0.1, -0.05) is 17.7 Å². The van der Waals surface area contributed by atoms with Gasteiger partial charge in [-0.3, -0.25) is 4.79 Å². The molecule has 0 fully saturated rings. The summed E-state index contributed by atoms with van der Waals surface area (Å²) in [6.07, 6.45) is 2.07. The molecule has 1 N–H and O–H groups in total. The number of nitrogens with one attached hydrogen (secondary N) is 1. The largest absolute Gasteiger partial charge is 0.495 e. The molecule has 0 radical (unpaired) electrons. The molecule has 6 heteroatoms. The average molecular weight is 362 g/mol. The van der Waals surface area contributed by atoms with E-state index in [1.165, 1.54) is 7.11 Å². The number of benzene rings is 1. The molecule has 1 atom stereocenters. The summed E-state index contributed by atoms with van der Waals surface area (Å²) in [5.41, 5.74) is 3.45. The summed E-state index contributed by atoms with van der Waals surface area (Å²) in [6.45, 7) is 1.83. The highest BCUT2D eigenvalue weighted by molar-refractivity contribution is 6.32. The molecule has 1 aliphatic heterocycles. The van der Waals surface area contributed by atoms with Crippen molar-refractivity contribution in [1.82, 2.24) is 5.32 Å². The first kappa shape index (κ1) is 17.5. The van der Waals surface area contributed by atoms with Crippen molar-refractivity contribution in [1.29, 1.82) is 0 Å². The summed E-state index contributed by atoms with van der Waals surface area (Å²) in [5, 5.41) is 3.67. The number of methoxy groups -OCH3 is 2. The van der Waals surface area contributed by atoms with E-state index in [0.29, 0.717) is 34.0 Å². The second-order valence-corrected chi connectivity index (χ2v) is 6.56. The third-order valence-electron chi connectivity index (χ3n) is 4.69. The molecule has 3 rings (SSSR count). The molecule has 25 heavy (non-hydrogen) atoms. The van der Waals surface area contributed by atoms with Gasteiger partial charge in [0.2, 0.25) is 0 Å². The molecule has 0 amide bonds. The van der Waals surface area contributed by atoms with Crippen LogP contribution in [-0.2, 0) is 14.3 Å². The molecule has 1 aliphatic carbocycles. The van der Waals surface area contributed by atoms with E-state index in [9.17, 15) is 9.59 Å². The number of dihydropyridines is 1. The Bertz CT molecular complexity index is 810. The highest BCUT2D eigenvalue weighted by Crippen LogP contribution is 2.43. The Kier molecular flexibility index (Phi) is 4.86. The van der Waals surface area contributed by atoms with Crippen LogP contribution in [0, 0.1) is 0 Å². The normalized spacial score (nSPS) is 20.2. The molecule has 1 heterocycles. The Balaban J connectivity index is 2.19. The zero-order valence-electron chi connectivity index (χ0n) is 14.4. The molecule has 1 aromatic carbocycles. The van der Waals surface area contributed by atoms with E-state index in [0.717, 1.165) is 24.1 Å². The number of esters is 1. The van der Waals surface area contributed by atoms with E-state index in [1.54, 1.807) is 19.2 Å². The SMILES string of the molecule is COC(=O)C1=C(C)NC2=C(C(=O)CCC2)[C@H]1c1ccc(OC)c(Cl)c1. The zero-order valence-corrected chi connectivity index (χ0v) is 15.2. The van der Waals surface area contributed by atoms with E-state index in [2.05, 4.69) is 5.32 Å². The van der Waals surface area contributed by atoms with Crippen LogP contribution in [0.5, 0.6) is 5.75 Å². The van der Waals surface area contributed by atoms with Crippen molar-refractivity contribution in [3.63, 3.8) is 0 Å². The van der Waals surface area contributed by atoms with Crippen LogP contribution in [0.2, 0.25) is 5.02 Å². The van der Waals surface area contributed by atoms with Gasteiger partial charge in [0.15, 0.2) is 5.78 Å². The highest BCUT2D eigenvalue weighted by atomic mass is 35.5. The molecule has 0 spiro atoms. The topological polar surface area (TPSA) is 64.6 Å². The molecule has 5 nitrogen and oxygen atoms in total. The summed E-state index contributed by atoms with van der Waals surface area (Å²) >= 11 is 6.28. The predicted molar refractivity (Wildman–Crippen MR) is 94.5 cm³/mol. The average Bonchev–Trinajstić information content (AvgIpc) is 2.60. The number of Topliss-reactive ketones (excluding diaryl/α,β-unsaturated/α-hetero) is 1. The molecule has 1 aromatic rings. The standard InChI is InChI=1S/C19H20ClNO4/c1-10-16(19(23)25-3)17(11-7-8-15(24-2)12(20)9-11)18-13(21-10)5-4-6-14(18)22/h7-9,17,21H,4-6H2,1-3H3/t17-/m0/s1. The molecule has 0 saturated carbocycles. The van der Waals surface area contributed by atoms with Gasteiger partial charge in [0.1, 0.15) is 5.75 Å². The van der Waals surface area contributed by atoms with Gasteiger partial charge in [0, 0.05) is 29.3 Å². The van der Waals surface area contributed by atoms with Crippen molar-refractivity contribution < 1.29 is 19.1 Å². The Morgan fingerprint density at radius 1 is 1.28 bits per heavy atom. The number of hydrogen-bond donors (Lipinski definition) is 1. The minimum absolute atomic E-state index is 0.0552. The summed E-state index contributed by atoms with van der Waals surface area (Å²) in [4.78, 5) is 25.1. The monoisotopic (exact) mass is 361 g/mol. The maximum atomic E-state index is 12.7. The van der Waals surface area contributed by atoms with Crippen molar-refractivity contribution >= 4 is 23.4 Å². The Morgan fingerprint density at radius 2 is 2.04 bits per heavy atom. The Morgan fingerprint density at radius 3 is 2.68 bits per heavy atom. The Labute approximate surface area is 151 Å². The van der Waals surface area contributed by atoms with Crippen LogP contribution >= 0.6 is 11.6 Å². The van der Waals surface area contributed by atoms with Crippen LogP contribution in [-0.4, -0.2) is 26.0 Å². The van der Waals surface area contributed by atoms with Crippen molar-refractivity contribution in [2.75, 3.05) is 14.2 Å². The molecular weight excluding hydrogens is 342 g/mol. The molecule has 0 aromatic heterocycles. The van der Waals surface area contributed by atoms with Crippen molar-refractivity contribution in [2.24, 2.45) is 0 Å². The minimum atomic E-state index is -0.486. The first-order valence-corrected chi connectivity index (χ1v) is 8.51. The first-order valence-electron chi connectivity index (χ1n) is 8.13. The van der Waals surface area contributed by atoms with Crippen molar-refractivity contribution in [2.45, 2.75) is 32.1 Å². The van der Waals surface area contributed by atoms with Gasteiger partial charge in [-0.05, 0) is 37.5 Å². The van der Waals surface area contributed by atoms with Gasteiger partial charge in [0.25, 0.3) is 0 Å². The number of ether oxygens (including phenoxy) is 2. The summed E-state index contributed by atoms with van der Waals surface area (Å²) < 4.78 is 10.2. The molecule has 132 valence electrons.